The number of hydrogen-bond acceptors (Lipinski definition) is 5. The minimum absolute atomic E-state index is 0.266. The van der Waals surface area contributed by atoms with Gasteiger partial charge >= 0.3 is 0 Å². The summed E-state index contributed by atoms with van der Waals surface area (Å²) in [5.41, 5.74) is 4.69. The Morgan fingerprint density at radius 3 is 2.96 bits per heavy atom. The van der Waals surface area contributed by atoms with Crippen molar-refractivity contribution in [3.05, 3.63) is 54.4 Å². The molecule has 0 amide bonds. The number of rotatable bonds is 4. The summed E-state index contributed by atoms with van der Waals surface area (Å²) in [5, 5.41) is 4.14. The summed E-state index contributed by atoms with van der Waals surface area (Å²) in [5.74, 6) is 0.266. The van der Waals surface area contributed by atoms with Crippen LogP contribution in [0, 0.1) is 0 Å². The second-order valence-corrected chi connectivity index (χ2v) is 5.31. The number of aromatic amines is 1. The van der Waals surface area contributed by atoms with Crippen molar-refractivity contribution in [2.24, 2.45) is 0 Å². The van der Waals surface area contributed by atoms with Crippen LogP contribution in [-0.4, -0.2) is 35.8 Å². The fourth-order valence-corrected chi connectivity index (χ4v) is 2.61. The average Bonchev–Trinajstić information content (AvgIpc) is 3.27. The van der Waals surface area contributed by atoms with Gasteiger partial charge in [0.05, 0.1) is 11.4 Å². The first kappa shape index (κ1) is 14.3. The van der Waals surface area contributed by atoms with Crippen molar-refractivity contribution in [3.8, 4) is 22.6 Å². The van der Waals surface area contributed by atoms with Crippen LogP contribution in [-0.2, 0) is 6.42 Å². The zero-order valence-electron chi connectivity index (χ0n) is 13.0. The van der Waals surface area contributed by atoms with Crippen LogP contribution < -0.4 is 0 Å². The van der Waals surface area contributed by atoms with Crippen LogP contribution >= 0.6 is 0 Å². The summed E-state index contributed by atoms with van der Waals surface area (Å²) in [4.78, 5) is 27.4. The topological polar surface area (TPSA) is 88.8 Å². The van der Waals surface area contributed by atoms with Crippen LogP contribution in [0.1, 0.15) is 23.2 Å². The molecule has 0 spiro atoms. The normalized spacial score (nSPS) is 11.0. The number of imidazole rings is 1. The van der Waals surface area contributed by atoms with Crippen molar-refractivity contribution in [2.45, 2.75) is 13.3 Å². The molecule has 4 heterocycles. The van der Waals surface area contributed by atoms with Crippen molar-refractivity contribution < 1.29 is 4.79 Å². The van der Waals surface area contributed by atoms with E-state index in [1.54, 1.807) is 4.52 Å². The second-order valence-electron chi connectivity index (χ2n) is 5.31. The van der Waals surface area contributed by atoms with E-state index in [4.69, 9.17) is 0 Å². The smallest absolute Gasteiger partial charge is 0.185 e. The van der Waals surface area contributed by atoms with Gasteiger partial charge in [-0.25, -0.2) is 14.5 Å². The molecule has 7 nitrogen and oxygen atoms in total. The lowest BCUT2D eigenvalue weighted by molar-refractivity contribution is 0.111. The van der Waals surface area contributed by atoms with Gasteiger partial charge in [-0.15, -0.1) is 0 Å². The molecule has 4 aromatic rings. The van der Waals surface area contributed by atoms with Gasteiger partial charge in [-0.2, -0.15) is 5.10 Å². The van der Waals surface area contributed by atoms with Crippen LogP contribution in [0.15, 0.2) is 42.9 Å². The highest BCUT2D eigenvalue weighted by atomic mass is 16.1. The van der Waals surface area contributed by atoms with Gasteiger partial charge in [-0.05, 0) is 30.7 Å². The highest BCUT2D eigenvalue weighted by molar-refractivity contribution is 5.81. The van der Waals surface area contributed by atoms with E-state index in [0.717, 1.165) is 29.0 Å². The predicted molar refractivity (Wildman–Crippen MR) is 88.6 cm³/mol. The summed E-state index contributed by atoms with van der Waals surface area (Å²) in [6, 6.07) is 9.59. The maximum absolute atomic E-state index is 11.2. The maximum atomic E-state index is 11.2. The van der Waals surface area contributed by atoms with Crippen molar-refractivity contribution in [3.63, 3.8) is 0 Å². The van der Waals surface area contributed by atoms with Crippen LogP contribution in [0.4, 0.5) is 0 Å². The number of aryl methyl sites for hydroxylation is 1. The summed E-state index contributed by atoms with van der Waals surface area (Å²) >= 11 is 0. The quantitative estimate of drug-likeness (QED) is 0.584. The van der Waals surface area contributed by atoms with E-state index >= 15 is 0 Å². The van der Waals surface area contributed by atoms with Gasteiger partial charge in [0, 0.05) is 17.5 Å². The molecule has 0 aromatic carbocycles. The lowest BCUT2D eigenvalue weighted by Crippen LogP contribution is -1.93. The molecule has 0 bridgehead atoms. The van der Waals surface area contributed by atoms with E-state index in [-0.39, 0.29) is 5.82 Å². The lowest BCUT2D eigenvalue weighted by atomic mass is 10.1. The third-order valence-electron chi connectivity index (χ3n) is 3.81. The Morgan fingerprint density at radius 2 is 2.12 bits per heavy atom. The number of aldehydes is 1. The predicted octanol–water partition coefficient (Wildman–Crippen LogP) is 2.56. The number of H-pyrrole nitrogens is 1. The van der Waals surface area contributed by atoms with E-state index in [1.807, 2.05) is 36.5 Å². The highest BCUT2D eigenvalue weighted by Gasteiger charge is 2.16. The summed E-state index contributed by atoms with van der Waals surface area (Å²) in [7, 11) is 0. The Bertz CT molecular complexity index is 1030. The van der Waals surface area contributed by atoms with Crippen molar-refractivity contribution >= 4 is 11.9 Å². The van der Waals surface area contributed by atoms with Crippen LogP contribution in [0.2, 0.25) is 0 Å². The number of nitrogens with one attached hydrogen (secondary N) is 1. The van der Waals surface area contributed by atoms with Crippen LogP contribution in [0.3, 0.4) is 0 Å². The SMILES string of the molecule is CCc1cccc(-c2[nH]c(C=O)nc2-c2ccc3ncnn3c2)n1. The molecule has 0 saturated heterocycles. The van der Waals surface area contributed by atoms with Gasteiger partial charge in [0.1, 0.15) is 12.0 Å². The van der Waals surface area contributed by atoms with Gasteiger partial charge in [0.15, 0.2) is 17.8 Å². The van der Waals surface area contributed by atoms with E-state index in [1.165, 1.54) is 6.33 Å². The fourth-order valence-electron chi connectivity index (χ4n) is 2.61. The van der Waals surface area contributed by atoms with Crippen molar-refractivity contribution in [2.75, 3.05) is 0 Å². The van der Waals surface area contributed by atoms with Crippen molar-refractivity contribution in [1.82, 2.24) is 29.5 Å². The number of aromatic nitrogens is 6. The molecule has 4 aromatic heterocycles. The van der Waals surface area contributed by atoms with E-state index < -0.39 is 0 Å². The molecule has 0 fully saturated rings. The molecule has 0 aliphatic carbocycles. The number of carbonyl (C=O) groups excluding carboxylic acids is 1. The van der Waals surface area contributed by atoms with Gasteiger partial charge < -0.3 is 4.98 Å². The third-order valence-corrected chi connectivity index (χ3v) is 3.81. The molecule has 7 heteroatoms. The molecule has 0 unspecified atom stereocenters. The summed E-state index contributed by atoms with van der Waals surface area (Å²) in [6.07, 6.45) is 4.86. The average molecular weight is 318 g/mol. The van der Waals surface area contributed by atoms with Crippen LogP contribution in [0.25, 0.3) is 28.3 Å². The monoisotopic (exact) mass is 318 g/mol. The van der Waals surface area contributed by atoms with E-state index in [0.29, 0.717) is 17.7 Å². The fraction of sp³-hybridized carbons (Fsp3) is 0.118. The van der Waals surface area contributed by atoms with Gasteiger partial charge in [0.25, 0.3) is 0 Å². The zero-order valence-corrected chi connectivity index (χ0v) is 13.0. The Hall–Kier alpha value is -3.35. The molecule has 0 aliphatic rings. The van der Waals surface area contributed by atoms with Gasteiger partial charge in [0.2, 0.25) is 0 Å². The zero-order chi connectivity index (χ0) is 16.5. The lowest BCUT2D eigenvalue weighted by Gasteiger charge is -2.04. The first-order chi connectivity index (χ1) is 11.8. The van der Waals surface area contributed by atoms with Crippen LogP contribution in [0.5, 0.6) is 0 Å². The van der Waals surface area contributed by atoms with Gasteiger partial charge in [-0.1, -0.05) is 13.0 Å². The Balaban J connectivity index is 1.91. The molecule has 1 N–H and O–H groups in total. The maximum Gasteiger partial charge on any atom is 0.185 e. The molecule has 0 aliphatic heterocycles. The van der Waals surface area contributed by atoms with E-state index in [9.17, 15) is 4.79 Å². The van der Waals surface area contributed by atoms with Crippen molar-refractivity contribution in [1.29, 1.82) is 0 Å². The molecule has 4 rings (SSSR count). The number of pyridine rings is 2. The second kappa shape index (κ2) is 5.69. The first-order valence-electron chi connectivity index (χ1n) is 7.59. The molecular weight excluding hydrogens is 304 g/mol. The first-order valence-corrected chi connectivity index (χ1v) is 7.59. The number of nitrogens with zero attached hydrogens (tertiary/aromatic N) is 5. The molecule has 0 saturated carbocycles. The van der Waals surface area contributed by atoms with E-state index in [2.05, 4.69) is 32.0 Å². The Labute approximate surface area is 137 Å². The molecular formula is C17H14N6O. The Morgan fingerprint density at radius 1 is 1.21 bits per heavy atom. The number of hydrogen-bond donors (Lipinski definition) is 1. The van der Waals surface area contributed by atoms with Gasteiger partial charge in [-0.3, -0.25) is 9.78 Å². The standard InChI is InChI=1S/C17H14N6O/c1-2-12-4-3-5-13(20-12)17-16(21-14(9-24)22-17)11-6-7-15-18-10-19-23(15)8-11/h3-10H,2H2,1H3,(H,21,22). The number of fused-ring (bicyclic) bond motifs is 1. The number of carbonyl (C=O) groups is 1. The molecule has 0 radical (unpaired) electrons. The largest absolute Gasteiger partial charge is 0.334 e. The minimum Gasteiger partial charge on any atom is -0.334 e. The molecule has 24 heavy (non-hydrogen) atoms. The highest BCUT2D eigenvalue weighted by Crippen LogP contribution is 2.29. The molecule has 118 valence electrons. The Kier molecular flexibility index (Phi) is 3.38. The minimum atomic E-state index is 0.266. The summed E-state index contributed by atoms with van der Waals surface area (Å²) in [6.45, 7) is 2.05. The summed E-state index contributed by atoms with van der Waals surface area (Å²) < 4.78 is 1.67. The molecule has 0 atom stereocenters. The third kappa shape index (κ3) is 2.36.